The van der Waals surface area contributed by atoms with E-state index < -0.39 is 16.8 Å². The third-order valence-electron chi connectivity index (χ3n) is 3.25. The molecule has 0 atom stereocenters. The molecule has 0 unspecified atom stereocenters. The van der Waals surface area contributed by atoms with Crippen LogP contribution in [0.3, 0.4) is 0 Å². The molecule has 0 saturated carbocycles. The van der Waals surface area contributed by atoms with Gasteiger partial charge < -0.3 is 5.11 Å². The minimum Gasteiger partial charge on any atom is -0.508 e. The minimum absolute atomic E-state index is 0.0198. The number of rotatable bonds is 3. The fourth-order valence-corrected chi connectivity index (χ4v) is 2.51. The molecule has 2 aromatic carbocycles. The highest BCUT2D eigenvalue weighted by molar-refractivity contribution is 6.34. The first-order valence-electron chi connectivity index (χ1n) is 6.68. The summed E-state index contributed by atoms with van der Waals surface area (Å²) in [6.07, 6.45) is -3.36. The van der Waals surface area contributed by atoms with Crippen molar-refractivity contribution < 1.29 is 18.3 Å². The monoisotopic (exact) mass is 354 g/mol. The number of alkyl halides is 3. The highest BCUT2D eigenvalue weighted by Gasteiger charge is 2.35. The number of H-pyrrole nitrogens is 1. The quantitative estimate of drug-likeness (QED) is 0.718. The summed E-state index contributed by atoms with van der Waals surface area (Å²) in [5, 5.41) is 15.3. The Morgan fingerprint density at radius 1 is 1.08 bits per heavy atom. The van der Waals surface area contributed by atoms with E-state index >= 15 is 0 Å². The Morgan fingerprint density at radius 3 is 2.38 bits per heavy atom. The molecule has 0 fully saturated rings. The van der Waals surface area contributed by atoms with Crippen LogP contribution in [-0.2, 0) is 6.18 Å². The van der Waals surface area contributed by atoms with Crippen LogP contribution >= 0.6 is 11.6 Å². The molecular weight excluding hydrogens is 345 g/mol. The van der Waals surface area contributed by atoms with Crippen LogP contribution in [0, 0.1) is 0 Å². The van der Waals surface area contributed by atoms with E-state index in [4.69, 9.17) is 11.6 Å². The summed E-state index contributed by atoms with van der Waals surface area (Å²) in [7, 11) is 0. The van der Waals surface area contributed by atoms with E-state index in [0.717, 1.165) is 6.07 Å². The lowest BCUT2D eigenvalue weighted by Gasteiger charge is -2.24. The van der Waals surface area contributed by atoms with Crippen molar-refractivity contribution in [3.05, 3.63) is 59.4 Å². The summed E-state index contributed by atoms with van der Waals surface area (Å²) in [6.45, 7) is 0. The molecule has 0 radical (unpaired) electrons. The number of aromatic nitrogens is 3. The van der Waals surface area contributed by atoms with Crippen molar-refractivity contribution in [2.75, 3.05) is 4.90 Å². The zero-order valence-corrected chi connectivity index (χ0v) is 12.7. The van der Waals surface area contributed by atoms with Crippen LogP contribution in [0.5, 0.6) is 5.75 Å². The average Bonchev–Trinajstić information content (AvgIpc) is 3.04. The van der Waals surface area contributed by atoms with Crippen LogP contribution in [0.25, 0.3) is 0 Å². The first kappa shape index (κ1) is 16.1. The number of nitrogens with zero attached hydrogens (tertiary/aromatic N) is 3. The van der Waals surface area contributed by atoms with Gasteiger partial charge in [-0.3, -0.25) is 4.90 Å². The van der Waals surface area contributed by atoms with E-state index in [1.165, 1.54) is 47.6 Å². The van der Waals surface area contributed by atoms with Crippen LogP contribution < -0.4 is 4.90 Å². The molecule has 3 rings (SSSR count). The normalized spacial score (nSPS) is 11.5. The van der Waals surface area contributed by atoms with Gasteiger partial charge in [-0.05, 0) is 36.4 Å². The van der Waals surface area contributed by atoms with Crippen molar-refractivity contribution in [3.63, 3.8) is 0 Å². The van der Waals surface area contributed by atoms with E-state index in [2.05, 4.69) is 15.2 Å². The maximum absolute atomic E-state index is 13.1. The first-order valence-corrected chi connectivity index (χ1v) is 7.06. The number of halogens is 4. The Bertz CT molecular complexity index is 835. The molecule has 3 aromatic rings. The molecule has 1 aromatic heterocycles. The summed E-state index contributed by atoms with van der Waals surface area (Å²) in [5.41, 5.74) is -0.426. The highest BCUT2D eigenvalue weighted by Crippen LogP contribution is 2.43. The van der Waals surface area contributed by atoms with Gasteiger partial charge in [-0.25, -0.2) is 5.10 Å². The Morgan fingerprint density at radius 2 is 1.79 bits per heavy atom. The molecule has 0 amide bonds. The second-order valence-corrected chi connectivity index (χ2v) is 5.18. The number of aromatic hydroxyl groups is 1. The lowest BCUT2D eigenvalue weighted by Crippen LogP contribution is -2.14. The van der Waals surface area contributed by atoms with Crippen LogP contribution in [-0.4, -0.2) is 20.3 Å². The SMILES string of the molecule is Oc1ccc(N(c2ncn[nH]2)c2cccc(C(F)(F)F)c2Cl)cc1. The van der Waals surface area contributed by atoms with E-state index in [0.29, 0.717) is 5.69 Å². The van der Waals surface area contributed by atoms with Gasteiger partial charge in [0, 0.05) is 5.69 Å². The van der Waals surface area contributed by atoms with Crippen molar-refractivity contribution in [1.29, 1.82) is 0 Å². The van der Waals surface area contributed by atoms with Crippen LogP contribution in [0.1, 0.15) is 5.56 Å². The second kappa shape index (κ2) is 6.04. The number of hydrogen-bond donors (Lipinski definition) is 2. The summed E-state index contributed by atoms with van der Waals surface area (Å²) in [5.74, 6) is 0.202. The van der Waals surface area contributed by atoms with Crippen molar-refractivity contribution in [1.82, 2.24) is 15.2 Å². The lowest BCUT2D eigenvalue weighted by molar-refractivity contribution is -0.137. The second-order valence-electron chi connectivity index (χ2n) is 4.80. The Kier molecular flexibility index (Phi) is 4.06. The molecule has 1 heterocycles. The predicted molar refractivity (Wildman–Crippen MR) is 82.7 cm³/mol. The van der Waals surface area contributed by atoms with Gasteiger partial charge in [0.2, 0.25) is 5.95 Å². The van der Waals surface area contributed by atoms with Crippen molar-refractivity contribution >= 4 is 28.9 Å². The molecule has 0 spiro atoms. The predicted octanol–water partition coefficient (Wildman–Crippen LogP) is 4.65. The van der Waals surface area contributed by atoms with Crippen LogP contribution in [0.15, 0.2) is 48.8 Å². The Balaban J connectivity index is 2.19. The molecule has 24 heavy (non-hydrogen) atoms. The van der Waals surface area contributed by atoms with Crippen LogP contribution in [0.4, 0.5) is 30.5 Å². The van der Waals surface area contributed by atoms with Gasteiger partial charge in [0.1, 0.15) is 12.1 Å². The van der Waals surface area contributed by atoms with E-state index in [1.54, 1.807) is 0 Å². The Hall–Kier alpha value is -2.74. The van der Waals surface area contributed by atoms with Gasteiger partial charge in [-0.15, -0.1) is 0 Å². The fraction of sp³-hybridized carbons (Fsp3) is 0.0667. The topological polar surface area (TPSA) is 65.0 Å². The molecule has 0 aliphatic rings. The molecule has 2 N–H and O–H groups in total. The number of phenols is 1. The fourth-order valence-electron chi connectivity index (χ4n) is 2.20. The molecular formula is C15H10ClF3N4O. The third-order valence-corrected chi connectivity index (χ3v) is 3.64. The zero-order chi connectivity index (χ0) is 17.3. The summed E-state index contributed by atoms with van der Waals surface area (Å²) in [6, 6.07) is 9.45. The summed E-state index contributed by atoms with van der Waals surface area (Å²) >= 11 is 6.01. The number of phenolic OH excluding ortho intramolecular Hbond substituents is 1. The standard InChI is InChI=1S/C15H10ClF3N4O/c16-13-11(15(17,18)19)2-1-3-12(13)23(14-20-8-21-22-14)9-4-6-10(24)7-5-9/h1-8,24H,(H,20,21,22). The van der Waals surface area contributed by atoms with Gasteiger partial charge in [0.25, 0.3) is 0 Å². The molecule has 0 aliphatic carbocycles. The lowest BCUT2D eigenvalue weighted by atomic mass is 10.1. The van der Waals surface area contributed by atoms with E-state index in [9.17, 15) is 18.3 Å². The molecule has 5 nitrogen and oxygen atoms in total. The van der Waals surface area contributed by atoms with Gasteiger partial charge in [-0.2, -0.15) is 23.3 Å². The van der Waals surface area contributed by atoms with Gasteiger partial charge >= 0.3 is 6.18 Å². The molecule has 0 aliphatic heterocycles. The van der Waals surface area contributed by atoms with Gasteiger partial charge in [0.05, 0.1) is 16.3 Å². The van der Waals surface area contributed by atoms with Crippen molar-refractivity contribution in [3.8, 4) is 5.75 Å². The third kappa shape index (κ3) is 3.00. The molecule has 0 saturated heterocycles. The van der Waals surface area contributed by atoms with E-state index in [1.807, 2.05) is 0 Å². The zero-order valence-electron chi connectivity index (χ0n) is 11.9. The summed E-state index contributed by atoms with van der Waals surface area (Å²) in [4.78, 5) is 5.36. The first-order chi connectivity index (χ1) is 11.4. The van der Waals surface area contributed by atoms with Crippen molar-refractivity contribution in [2.24, 2.45) is 0 Å². The number of nitrogens with one attached hydrogen (secondary N) is 1. The van der Waals surface area contributed by atoms with Gasteiger partial charge in [-0.1, -0.05) is 17.7 Å². The molecule has 0 bridgehead atoms. The number of benzene rings is 2. The molecule has 124 valence electrons. The van der Waals surface area contributed by atoms with Crippen molar-refractivity contribution in [2.45, 2.75) is 6.18 Å². The summed E-state index contributed by atoms with van der Waals surface area (Å²) < 4.78 is 39.4. The molecule has 9 heteroatoms. The highest BCUT2D eigenvalue weighted by atomic mass is 35.5. The van der Waals surface area contributed by atoms with Crippen LogP contribution in [0.2, 0.25) is 5.02 Å². The smallest absolute Gasteiger partial charge is 0.417 e. The maximum Gasteiger partial charge on any atom is 0.417 e. The average molecular weight is 355 g/mol. The van der Waals surface area contributed by atoms with Gasteiger partial charge in [0.15, 0.2) is 0 Å². The number of anilines is 3. The number of hydrogen-bond acceptors (Lipinski definition) is 4. The minimum atomic E-state index is -4.59. The van der Waals surface area contributed by atoms with E-state index in [-0.39, 0.29) is 17.4 Å². The Labute approximate surface area is 139 Å². The largest absolute Gasteiger partial charge is 0.508 e. The number of aromatic amines is 1. The maximum atomic E-state index is 13.1.